The Morgan fingerprint density at radius 3 is 2.57 bits per heavy atom. The van der Waals surface area contributed by atoms with Crippen molar-refractivity contribution >= 4 is 11.6 Å². The lowest BCUT2D eigenvalue weighted by Gasteiger charge is -2.09. The molecule has 0 aliphatic rings. The number of hydrogen-bond acceptors (Lipinski definition) is 3. The van der Waals surface area contributed by atoms with Gasteiger partial charge in [-0.2, -0.15) is 0 Å². The number of benzene rings is 2. The Kier molecular flexibility index (Phi) is 4.95. The van der Waals surface area contributed by atoms with Crippen LogP contribution in [-0.4, -0.2) is 17.6 Å². The first-order valence-corrected chi connectivity index (χ1v) is 6.82. The van der Waals surface area contributed by atoms with Crippen molar-refractivity contribution in [1.29, 1.82) is 0 Å². The molecule has 0 aliphatic heterocycles. The molecule has 0 fully saturated rings. The molecule has 0 bridgehead atoms. The highest BCUT2D eigenvalue weighted by Crippen LogP contribution is 2.17. The monoisotopic (exact) mass is 285 g/mol. The van der Waals surface area contributed by atoms with Gasteiger partial charge in [0.05, 0.1) is 6.10 Å². The van der Waals surface area contributed by atoms with Crippen LogP contribution in [0.3, 0.4) is 0 Å². The van der Waals surface area contributed by atoms with Crippen molar-refractivity contribution in [2.45, 2.75) is 20.0 Å². The molecule has 0 aromatic heterocycles. The van der Waals surface area contributed by atoms with Crippen LogP contribution in [0, 0.1) is 6.92 Å². The summed E-state index contributed by atoms with van der Waals surface area (Å²) in [5.41, 5.74) is 2.65. The highest BCUT2D eigenvalue weighted by atomic mass is 16.5. The number of anilines is 1. The third-order valence-corrected chi connectivity index (χ3v) is 3.03. The summed E-state index contributed by atoms with van der Waals surface area (Å²) in [4.78, 5) is 11.8. The maximum absolute atomic E-state index is 11.8. The molecule has 0 saturated carbocycles. The predicted octanol–water partition coefficient (Wildman–Crippen LogP) is 3.07. The van der Waals surface area contributed by atoms with Crippen LogP contribution >= 0.6 is 0 Å². The fourth-order valence-corrected chi connectivity index (χ4v) is 1.91. The van der Waals surface area contributed by atoms with Crippen LogP contribution in [0.1, 0.15) is 24.2 Å². The topological polar surface area (TPSA) is 58.6 Å². The molecule has 0 unspecified atom stereocenters. The van der Waals surface area contributed by atoms with Crippen molar-refractivity contribution in [1.82, 2.24) is 0 Å². The number of ether oxygens (including phenoxy) is 1. The minimum absolute atomic E-state index is 0.0536. The zero-order valence-corrected chi connectivity index (χ0v) is 12.2. The van der Waals surface area contributed by atoms with Crippen molar-refractivity contribution in [2.24, 2.45) is 0 Å². The summed E-state index contributed by atoms with van der Waals surface area (Å²) in [5.74, 6) is 0.388. The molecule has 110 valence electrons. The maximum atomic E-state index is 11.8. The van der Waals surface area contributed by atoms with E-state index in [4.69, 9.17) is 4.74 Å². The van der Waals surface area contributed by atoms with Gasteiger partial charge < -0.3 is 15.2 Å². The lowest BCUT2D eigenvalue weighted by Crippen LogP contribution is -2.20. The van der Waals surface area contributed by atoms with Crippen LogP contribution < -0.4 is 10.1 Å². The van der Waals surface area contributed by atoms with Crippen LogP contribution in [-0.2, 0) is 4.79 Å². The van der Waals surface area contributed by atoms with Crippen LogP contribution in [0.5, 0.6) is 5.75 Å². The van der Waals surface area contributed by atoms with E-state index < -0.39 is 6.10 Å². The second kappa shape index (κ2) is 6.90. The van der Waals surface area contributed by atoms with Crippen LogP contribution in [0.25, 0.3) is 0 Å². The number of amides is 1. The van der Waals surface area contributed by atoms with Crippen molar-refractivity contribution in [2.75, 3.05) is 11.9 Å². The maximum Gasteiger partial charge on any atom is 0.262 e. The van der Waals surface area contributed by atoms with E-state index in [-0.39, 0.29) is 12.5 Å². The molecule has 0 heterocycles. The number of aliphatic hydroxyl groups is 1. The molecular weight excluding hydrogens is 266 g/mol. The highest BCUT2D eigenvalue weighted by Gasteiger charge is 2.05. The van der Waals surface area contributed by atoms with Gasteiger partial charge in [-0.1, -0.05) is 24.3 Å². The second-order valence-corrected chi connectivity index (χ2v) is 4.95. The molecule has 2 rings (SSSR count). The Bertz CT molecular complexity index is 606. The van der Waals surface area contributed by atoms with Crippen molar-refractivity contribution in [3.63, 3.8) is 0 Å². The fraction of sp³-hybridized carbons (Fsp3) is 0.235. The predicted molar refractivity (Wildman–Crippen MR) is 82.4 cm³/mol. The van der Waals surface area contributed by atoms with Gasteiger partial charge in [0.15, 0.2) is 6.61 Å². The van der Waals surface area contributed by atoms with E-state index in [1.807, 2.05) is 31.2 Å². The number of hydrogen-bond donors (Lipinski definition) is 2. The molecule has 0 radical (unpaired) electrons. The van der Waals surface area contributed by atoms with E-state index in [2.05, 4.69) is 5.32 Å². The van der Waals surface area contributed by atoms with Crippen LogP contribution in [0.15, 0.2) is 48.5 Å². The molecular formula is C17H19NO3. The van der Waals surface area contributed by atoms with Crippen molar-refractivity contribution in [3.05, 3.63) is 59.7 Å². The lowest BCUT2D eigenvalue weighted by atomic mass is 10.1. The molecule has 21 heavy (non-hydrogen) atoms. The third-order valence-electron chi connectivity index (χ3n) is 3.03. The number of rotatable bonds is 5. The van der Waals surface area contributed by atoms with Crippen molar-refractivity contribution in [3.8, 4) is 5.75 Å². The summed E-state index contributed by atoms with van der Waals surface area (Å²) < 4.78 is 5.41. The molecule has 2 aromatic carbocycles. The van der Waals surface area contributed by atoms with Gasteiger partial charge in [0.25, 0.3) is 5.91 Å². The smallest absolute Gasteiger partial charge is 0.262 e. The van der Waals surface area contributed by atoms with Gasteiger partial charge in [-0.05, 0) is 49.2 Å². The molecule has 0 aliphatic carbocycles. The molecule has 4 heteroatoms. The average molecular weight is 285 g/mol. The molecule has 1 amide bonds. The first kappa shape index (κ1) is 15.1. The van der Waals surface area contributed by atoms with Gasteiger partial charge in [0.1, 0.15) is 5.75 Å². The van der Waals surface area contributed by atoms with Gasteiger partial charge in [0, 0.05) is 5.69 Å². The molecule has 0 spiro atoms. The van der Waals surface area contributed by atoms with E-state index in [0.717, 1.165) is 16.8 Å². The summed E-state index contributed by atoms with van der Waals surface area (Å²) in [6.45, 7) is 3.61. The minimum Gasteiger partial charge on any atom is -0.484 e. The van der Waals surface area contributed by atoms with Crippen molar-refractivity contribution < 1.29 is 14.6 Å². The highest BCUT2D eigenvalue weighted by molar-refractivity contribution is 5.91. The standard InChI is InChI=1S/C17H19NO3/c1-12-4-3-5-15(10-12)18-17(20)11-21-16-8-6-14(7-9-16)13(2)19/h3-10,13,19H,11H2,1-2H3,(H,18,20)/t13-/m0/s1. The molecule has 4 nitrogen and oxygen atoms in total. The number of aliphatic hydroxyl groups excluding tert-OH is 1. The Morgan fingerprint density at radius 1 is 1.24 bits per heavy atom. The summed E-state index contributed by atoms with van der Waals surface area (Å²) in [6.07, 6.45) is -0.510. The van der Waals surface area contributed by atoms with Crippen LogP contribution in [0.2, 0.25) is 0 Å². The SMILES string of the molecule is Cc1cccc(NC(=O)COc2ccc([C@H](C)O)cc2)c1. The summed E-state index contributed by atoms with van der Waals surface area (Å²) >= 11 is 0. The summed E-state index contributed by atoms with van der Waals surface area (Å²) in [5, 5.41) is 12.2. The zero-order chi connectivity index (χ0) is 15.2. The number of nitrogens with one attached hydrogen (secondary N) is 1. The minimum atomic E-state index is -0.510. The first-order chi connectivity index (χ1) is 10.0. The molecule has 0 saturated heterocycles. The lowest BCUT2D eigenvalue weighted by molar-refractivity contribution is -0.118. The molecule has 2 N–H and O–H groups in total. The van der Waals surface area contributed by atoms with E-state index in [0.29, 0.717) is 5.75 Å². The second-order valence-electron chi connectivity index (χ2n) is 4.95. The molecule has 2 aromatic rings. The summed E-state index contributed by atoms with van der Waals surface area (Å²) in [7, 11) is 0. The van der Waals surface area contributed by atoms with Gasteiger partial charge in [-0.25, -0.2) is 0 Å². The van der Waals surface area contributed by atoms with E-state index in [9.17, 15) is 9.90 Å². The largest absolute Gasteiger partial charge is 0.484 e. The fourth-order valence-electron chi connectivity index (χ4n) is 1.91. The Balaban J connectivity index is 1.86. The number of aryl methyl sites for hydroxylation is 1. The Morgan fingerprint density at radius 2 is 1.95 bits per heavy atom. The van der Waals surface area contributed by atoms with Crippen LogP contribution in [0.4, 0.5) is 5.69 Å². The average Bonchev–Trinajstić information content (AvgIpc) is 2.45. The van der Waals surface area contributed by atoms with Gasteiger partial charge in [-0.15, -0.1) is 0 Å². The Labute approximate surface area is 124 Å². The van der Waals surface area contributed by atoms with E-state index in [1.54, 1.807) is 31.2 Å². The van der Waals surface area contributed by atoms with Gasteiger partial charge in [-0.3, -0.25) is 4.79 Å². The van der Waals surface area contributed by atoms with E-state index in [1.165, 1.54) is 0 Å². The van der Waals surface area contributed by atoms with Gasteiger partial charge in [0.2, 0.25) is 0 Å². The van der Waals surface area contributed by atoms with E-state index >= 15 is 0 Å². The Hall–Kier alpha value is -2.33. The zero-order valence-electron chi connectivity index (χ0n) is 12.2. The quantitative estimate of drug-likeness (QED) is 0.887. The molecule has 1 atom stereocenters. The number of carbonyl (C=O) groups is 1. The first-order valence-electron chi connectivity index (χ1n) is 6.82. The third kappa shape index (κ3) is 4.61. The normalized spacial score (nSPS) is 11.8. The summed E-state index contributed by atoms with van der Waals surface area (Å²) in [6, 6.07) is 14.6. The number of carbonyl (C=O) groups excluding carboxylic acids is 1. The van der Waals surface area contributed by atoms with Gasteiger partial charge >= 0.3 is 0 Å².